The van der Waals surface area contributed by atoms with E-state index in [1.807, 2.05) is 12.1 Å². The van der Waals surface area contributed by atoms with Gasteiger partial charge in [-0.15, -0.1) is 0 Å². The minimum absolute atomic E-state index is 0.0771. The fourth-order valence-corrected chi connectivity index (χ4v) is 5.58. The Kier molecular flexibility index (Phi) is 17.1. The number of rotatable bonds is 25. The number of unbranched alkanes of at least 4 members (excludes halogenated alkanes) is 7. The summed E-state index contributed by atoms with van der Waals surface area (Å²) in [7, 11) is 2.18. The summed E-state index contributed by atoms with van der Waals surface area (Å²) in [5.74, 6) is 1.71. The topological polar surface area (TPSA) is 108 Å². The van der Waals surface area contributed by atoms with E-state index in [0.29, 0.717) is 32.1 Å². The zero-order chi connectivity index (χ0) is 31.4. The average Bonchev–Trinajstić information content (AvgIpc) is 3.40. The molecule has 3 N–H and O–H groups in total. The zero-order valence-electron chi connectivity index (χ0n) is 27.7. The van der Waals surface area contributed by atoms with E-state index < -0.39 is 0 Å². The summed E-state index contributed by atoms with van der Waals surface area (Å²) in [6.07, 6.45) is 14.2. The van der Waals surface area contributed by atoms with Crippen molar-refractivity contribution in [1.29, 1.82) is 0 Å². The van der Waals surface area contributed by atoms with Crippen LogP contribution in [0.5, 0.6) is 0 Å². The Morgan fingerprint density at radius 3 is 2.41 bits per heavy atom. The fraction of sp³-hybridized carbons (Fsp3) is 0.686. The third-order valence-corrected chi connectivity index (χ3v) is 8.14. The molecule has 246 valence electrons. The van der Waals surface area contributed by atoms with Crippen LogP contribution in [0.25, 0.3) is 21.9 Å². The molecule has 1 amide bonds. The summed E-state index contributed by atoms with van der Waals surface area (Å²) in [5, 5.41) is 4.11. The van der Waals surface area contributed by atoms with E-state index in [1.54, 1.807) is 0 Å². The Labute approximate surface area is 265 Å². The summed E-state index contributed by atoms with van der Waals surface area (Å²) in [6.45, 7) is 10.5. The number of imidazole rings is 1. The Morgan fingerprint density at radius 1 is 0.864 bits per heavy atom. The lowest BCUT2D eigenvalue weighted by Gasteiger charge is -2.17. The van der Waals surface area contributed by atoms with Gasteiger partial charge in [0.05, 0.1) is 30.9 Å². The number of carbonyl (C=O) groups excluding carboxylic acids is 1. The zero-order valence-corrected chi connectivity index (χ0v) is 27.7. The third kappa shape index (κ3) is 12.3. The van der Waals surface area contributed by atoms with Gasteiger partial charge in [0.1, 0.15) is 11.3 Å². The second-order valence-corrected chi connectivity index (χ2v) is 12.0. The molecule has 0 aliphatic carbocycles. The first-order valence-electron chi connectivity index (χ1n) is 17.2. The van der Waals surface area contributed by atoms with E-state index in [1.165, 1.54) is 32.1 Å². The standard InChI is InChI=1S/C35H58N6O3/c1-4-6-8-9-10-13-21-37-32(42)20-26-44-28-27-43-25-16-23-40(3)22-14-15-24-41-31(19-7-5-2)39-33-34(41)29-17-11-12-18-30(29)38-35(33)36/h11-12,17-18H,4-10,13-16,19-28H2,1-3H3,(H2,36,38)(H,37,42). The Morgan fingerprint density at radius 2 is 1.59 bits per heavy atom. The number of aryl methyl sites for hydroxylation is 2. The highest BCUT2D eigenvalue weighted by molar-refractivity contribution is 6.06. The van der Waals surface area contributed by atoms with Gasteiger partial charge in [0, 0.05) is 44.5 Å². The molecule has 0 aliphatic heterocycles. The Bertz CT molecular complexity index is 1230. The van der Waals surface area contributed by atoms with Crippen LogP contribution in [0, 0.1) is 0 Å². The van der Waals surface area contributed by atoms with Crippen molar-refractivity contribution in [2.24, 2.45) is 0 Å². The lowest BCUT2D eigenvalue weighted by molar-refractivity contribution is -0.122. The van der Waals surface area contributed by atoms with Gasteiger partial charge in [-0.3, -0.25) is 4.79 Å². The molecule has 0 aliphatic rings. The summed E-state index contributed by atoms with van der Waals surface area (Å²) < 4.78 is 13.7. The van der Waals surface area contributed by atoms with E-state index in [9.17, 15) is 4.79 Å². The Balaban J connectivity index is 1.25. The van der Waals surface area contributed by atoms with Crippen molar-refractivity contribution >= 4 is 33.7 Å². The fourth-order valence-electron chi connectivity index (χ4n) is 5.58. The number of aromatic nitrogens is 3. The van der Waals surface area contributed by atoms with Crippen molar-refractivity contribution in [2.45, 2.75) is 104 Å². The lowest BCUT2D eigenvalue weighted by Crippen LogP contribution is -2.25. The summed E-state index contributed by atoms with van der Waals surface area (Å²) in [4.78, 5) is 23.8. The number of benzene rings is 1. The van der Waals surface area contributed by atoms with Crippen LogP contribution in [-0.4, -0.2) is 78.5 Å². The first-order valence-corrected chi connectivity index (χ1v) is 17.2. The number of hydrogen-bond acceptors (Lipinski definition) is 7. The monoisotopic (exact) mass is 610 g/mol. The van der Waals surface area contributed by atoms with Crippen LogP contribution < -0.4 is 11.1 Å². The minimum atomic E-state index is 0.0771. The number of fused-ring (bicyclic) bond motifs is 3. The van der Waals surface area contributed by atoms with Gasteiger partial charge in [0.2, 0.25) is 5.91 Å². The number of pyridine rings is 1. The van der Waals surface area contributed by atoms with Crippen molar-refractivity contribution in [3.05, 3.63) is 30.1 Å². The van der Waals surface area contributed by atoms with Gasteiger partial charge in [-0.25, -0.2) is 9.97 Å². The molecule has 0 radical (unpaired) electrons. The van der Waals surface area contributed by atoms with Gasteiger partial charge in [0.15, 0.2) is 5.82 Å². The number of anilines is 1. The summed E-state index contributed by atoms with van der Waals surface area (Å²) in [6, 6.07) is 8.23. The van der Waals surface area contributed by atoms with Crippen LogP contribution in [0.3, 0.4) is 0 Å². The number of nitrogens with zero attached hydrogens (tertiary/aromatic N) is 4. The SMILES string of the molecule is CCCCCCCCNC(=O)CCOCCOCCCN(C)CCCCn1c(CCCC)nc2c(N)nc3ccccc3c21. The van der Waals surface area contributed by atoms with Gasteiger partial charge in [-0.05, 0) is 51.8 Å². The molecule has 0 fully saturated rings. The molecular weight excluding hydrogens is 552 g/mol. The van der Waals surface area contributed by atoms with Crippen molar-refractivity contribution in [2.75, 3.05) is 58.8 Å². The van der Waals surface area contributed by atoms with Crippen molar-refractivity contribution in [3.8, 4) is 0 Å². The highest BCUT2D eigenvalue weighted by atomic mass is 16.5. The maximum Gasteiger partial charge on any atom is 0.222 e. The molecule has 44 heavy (non-hydrogen) atoms. The van der Waals surface area contributed by atoms with Crippen molar-refractivity contribution < 1.29 is 14.3 Å². The molecule has 0 saturated carbocycles. The molecule has 2 heterocycles. The van der Waals surface area contributed by atoms with Gasteiger partial charge in [0.25, 0.3) is 0 Å². The predicted octanol–water partition coefficient (Wildman–Crippen LogP) is 6.51. The van der Waals surface area contributed by atoms with Crippen LogP contribution in [0.2, 0.25) is 0 Å². The van der Waals surface area contributed by atoms with Crippen LogP contribution >= 0.6 is 0 Å². The largest absolute Gasteiger partial charge is 0.382 e. The quantitative estimate of drug-likeness (QED) is 0.105. The molecule has 3 rings (SSSR count). The van der Waals surface area contributed by atoms with Crippen molar-refractivity contribution in [3.63, 3.8) is 0 Å². The molecular formula is C35H58N6O3. The van der Waals surface area contributed by atoms with Crippen molar-refractivity contribution in [1.82, 2.24) is 24.8 Å². The molecule has 9 nitrogen and oxygen atoms in total. The summed E-state index contributed by atoms with van der Waals surface area (Å²) in [5.41, 5.74) is 9.23. The third-order valence-electron chi connectivity index (χ3n) is 8.14. The molecule has 2 aromatic heterocycles. The molecule has 3 aromatic rings. The van der Waals surface area contributed by atoms with E-state index in [0.717, 1.165) is 105 Å². The average molecular weight is 611 g/mol. The highest BCUT2D eigenvalue weighted by Gasteiger charge is 2.17. The number of nitrogen functional groups attached to an aromatic ring is 1. The number of hydrogen-bond donors (Lipinski definition) is 2. The highest BCUT2D eigenvalue weighted by Crippen LogP contribution is 2.29. The van der Waals surface area contributed by atoms with Crippen LogP contribution in [0.15, 0.2) is 24.3 Å². The van der Waals surface area contributed by atoms with E-state index in [2.05, 4.69) is 52.8 Å². The van der Waals surface area contributed by atoms with Crippen LogP contribution in [0.4, 0.5) is 5.82 Å². The second-order valence-electron chi connectivity index (χ2n) is 12.0. The lowest BCUT2D eigenvalue weighted by atomic mass is 10.1. The van der Waals surface area contributed by atoms with Gasteiger partial charge in [-0.2, -0.15) is 0 Å². The van der Waals surface area contributed by atoms with Gasteiger partial charge < -0.3 is 30.0 Å². The molecule has 0 unspecified atom stereocenters. The van der Waals surface area contributed by atoms with E-state index >= 15 is 0 Å². The van der Waals surface area contributed by atoms with Crippen LogP contribution in [0.1, 0.15) is 96.7 Å². The number of amides is 1. The number of nitrogens with two attached hydrogens (primary N) is 1. The number of nitrogens with one attached hydrogen (secondary N) is 1. The predicted molar refractivity (Wildman–Crippen MR) is 182 cm³/mol. The number of carbonyl (C=O) groups is 1. The molecule has 0 atom stereocenters. The number of ether oxygens (including phenoxy) is 2. The molecule has 9 heteroatoms. The maximum absolute atomic E-state index is 11.9. The minimum Gasteiger partial charge on any atom is -0.382 e. The maximum atomic E-state index is 11.9. The Hall–Kier alpha value is -2.75. The summed E-state index contributed by atoms with van der Waals surface area (Å²) >= 11 is 0. The van der Waals surface area contributed by atoms with E-state index in [4.69, 9.17) is 20.2 Å². The molecule has 0 saturated heterocycles. The molecule has 1 aromatic carbocycles. The normalized spacial score (nSPS) is 11.7. The van der Waals surface area contributed by atoms with Gasteiger partial charge in [-0.1, -0.05) is 70.6 Å². The van der Waals surface area contributed by atoms with E-state index in [-0.39, 0.29) is 5.91 Å². The smallest absolute Gasteiger partial charge is 0.222 e. The molecule has 0 spiro atoms. The van der Waals surface area contributed by atoms with Gasteiger partial charge >= 0.3 is 0 Å². The van der Waals surface area contributed by atoms with Crippen LogP contribution in [-0.2, 0) is 27.2 Å². The second kappa shape index (κ2) is 21.1. The number of para-hydroxylation sites is 1. The first-order chi connectivity index (χ1) is 21.5. The first kappa shape index (κ1) is 35.7. The molecule has 0 bridgehead atoms.